The number of halogens is 2. The molecular formula is C14H12ClFN2O. The topological polar surface area (TPSA) is 55.1 Å². The van der Waals surface area contributed by atoms with Gasteiger partial charge >= 0.3 is 0 Å². The van der Waals surface area contributed by atoms with E-state index >= 15 is 0 Å². The first-order valence-electron chi connectivity index (χ1n) is 5.60. The largest absolute Gasteiger partial charge is 0.397 e. The lowest BCUT2D eigenvalue weighted by atomic mass is 10.1. The predicted octanol–water partition coefficient (Wildman–Crippen LogP) is 3.62. The third kappa shape index (κ3) is 3.03. The van der Waals surface area contributed by atoms with Crippen LogP contribution in [0.5, 0.6) is 0 Å². The van der Waals surface area contributed by atoms with E-state index in [4.69, 9.17) is 17.3 Å². The van der Waals surface area contributed by atoms with Crippen LogP contribution in [0.3, 0.4) is 0 Å². The maximum atomic E-state index is 13.1. The first kappa shape index (κ1) is 13.4. The average Bonchev–Trinajstić information content (AvgIpc) is 2.37. The minimum Gasteiger partial charge on any atom is -0.397 e. The second-order valence-electron chi connectivity index (χ2n) is 4.15. The second kappa shape index (κ2) is 5.28. The van der Waals surface area contributed by atoms with Crippen LogP contribution in [0.25, 0.3) is 0 Å². The van der Waals surface area contributed by atoms with Crippen molar-refractivity contribution in [2.24, 2.45) is 0 Å². The van der Waals surface area contributed by atoms with E-state index in [0.717, 1.165) is 5.56 Å². The van der Waals surface area contributed by atoms with Crippen molar-refractivity contribution in [1.82, 2.24) is 0 Å². The monoisotopic (exact) mass is 278 g/mol. The summed E-state index contributed by atoms with van der Waals surface area (Å²) in [5.41, 5.74) is 7.47. The lowest BCUT2D eigenvalue weighted by molar-refractivity contribution is 0.102. The number of anilines is 2. The van der Waals surface area contributed by atoms with Crippen molar-refractivity contribution in [3.8, 4) is 0 Å². The van der Waals surface area contributed by atoms with Crippen LogP contribution in [0.1, 0.15) is 15.9 Å². The van der Waals surface area contributed by atoms with Crippen LogP contribution in [-0.2, 0) is 0 Å². The Kier molecular flexibility index (Phi) is 3.71. The molecule has 2 rings (SSSR count). The molecule has 2 aromatic carbocycles. The molecule has 0 saturated carbocycles. The fourth-order valence-corrected chi connectivity index (χ4v) is 1.75. The Morgan fingerprint density at radius 3 is 2.68 bits per heavy atom. The molecule has 0 aromatic heterocycles. The van der Waals surface area contributed by atoms with Gasteiger partial charge in [0.15, 0.2) is 0 Å². The van der Waals surface area contributed by atoms with Gasteiger partial charge in [0, 0.05) is 10.6 Å². The highest BCUT2D eigenvalue weighted by Crippen LogP contribution is 2.21. The zero-order valence-electron chi connectivity index (χ0n) is 10.2. The smallest absolute Gasteiger partial charge is 0.255 e. The molecule has 0 spiro atoms. The van der Waals surface area contributed by atoms with Gasteiger partial charge in [0.05, 0.1) is 11.4 Å². The first-order chi connectivity index (χ1) is 8.97. The number of hydrogen-bond acceptors (Lipinski definition) is 2. The van der Waals surface area contributed by atoms with E-state index in [0.29, 0.717) is 16.3 Å². The molecule has 0 radical (unpaired) electrons. The molecule has 0 aliphatic carbocycles. The quantitative estimate of drug-likeness (QED) is 0.824. The number of aryl methyl sites for hydroxylation is 1. The standard InChI is InChI=1S/C14H12ClFN2O/c1-8-2-3-9(6-11(8)15)14(19)18-13-7-10(16)4-5-12(13)17/h2-7H,17H2,1H3,(H,18,19). The van der Waals surface area contributed by atoms with Crippen molar-refractivity contribution in [3.05, 3.63) is 58.4 Å². The molecule has 3 N–H and O–H groups in total. The number of amides is 1. The summed E-state index contributed by atoms with van der Waals surface area (Å²) in [5.74, 6) is -0.856. The van der Waals surface area contributed by atoms with Crippen molar-refractivity contribution in [2.75, 3.05) is 11.1 Å². The maximum absolute atomic E-state index is 13.1. The van der Waals surface area contributed by atoms with E-state index in [-0.39, 0.29) is 11.6 Å². The Morgan fingerprint density at radius 1 is 1.26 bits per heavy atom. The van der Waals surface area contributed by atoms with E-state index < -0.39 is 5.82 Å². The van der Waals surface area contributed by atoms with Gasteiger partial charge in [-0.05, 0) is 42.8 Å². The third-order valence-corrected chi connectivity index (χ3v) is 3.10. The highest BCUT2D eigenvalue weighted by Gasteiger charge is 2.10. The van der Waals surface area contributed by atoms with Crippen LogP contribution in [0.15, 0.2) is 36.4 Å². The SMILES string of the molecule is Cc1ccc(C(=O)Nc2cc(F)ccc2N)cc1Cl. The molecule has 0 aliphatic rings. The van der Waals surface area contributed by atoms with Gasteiger partial charge < -0.3 is 11.1 Å². The molecule has 98 valence electrons. The summed E-state index contributed by atoms with van der Waals surface area (Å²) in [6.45, 7) is 1.84. The summed E-state index contributed by atoms with van der Waals surface area (Å²) in [5, 5.41) is 3.05. The fourth-order valence-electron chi connectivity index (χ4n) is 1.57. The summed E-state index contributed by atoms with van der Waals surface area (Å²) >= 11 is 5.95. The van der Waals surface area contributed by atoms with Gasteiger partial charge in [-0.25, -0.2) is 4.39 Å². The summed E-state index contributed by atoms with van der Waals surface area (Å²) in [6.07, 6.45) is 0. The third-order valence-electron chi connectivity index (χ3n) is 2.70. The Balaban J connectivity index is 2.25. The number of nitrogens with one attached hydrogen (secondary N) is 1. The van der Waals surface area contributed by atoms with Gasteiger partial charge in [0.25, 0.3) is 5.91 Å². The van der Waals surface area contributed by atoms with Crippen LogP contribution < -0.4 is 11.1 Å². The minimum atomic E-state index is -0.466. The molecular weight excluding hydrogens is 267 g/mol. The van der Waals surface area contributed by atoms with E-state index in [2.05, 4.69) is 5.32 Å². The van der Waals surface area contributed by atoms with Crippen LogP contribution in [0.4, 0.5) is 15.8 Å². The molecule has 19 heavy (non-hydrogen) atoms. The van der Waals surface area contributed by atoms with Gasteiger partial charge in [-0.15, -0.1) is 0 Å². The fraction of sp³-hybridized carbons (Fsp3) is 0.0714. The summed E-state index contributed by atoms with van der Waals surface area (Å²) in [7, 11) is 0. The van der Waals surface area contributed by atoms with E-state index in [1.807, 2.05) is 6.92 Å². The summed E-state index contributed by atoms with van der Waals surface area (Å²) < 4.78 is 13.1. The van der Waals surface area contributed by atoms with Crippen molar-refractivity contribution in [2.45, 2.75) is 6.92 Å². The highest BCUT2D eigenvalue weighted by molar-refractivity contribution is 6.31. The zero-order chi connectivity index (χ0) is 14.0. The van der Waals surface area contributed by atoms with Gasteiger partial charge in [-0.1, -0.05) is 17.7 Å². The van der Waals surface area contributed by atoms with Crippen LogP contribution in [0, 0.1) is 12.7 Å². The molecule has 0 heterocycles. The molecule has 3 nitrogen and oxygen atoms in total. The number of carbonyl (C=O) groups is 1. The molecule has 0 unspecified atom stereocenters. The minimum absolute atomic E-state index is 0.238. The number of rotatable bonds is 2. The van der Waals surface area contributed by atoms with E-state index in [1.54, 1.807) is 18.2 Å². The highest BCUT2D eigenvalue weighted by atomic mass is 35.5. The van der Waals surface area contributed by atoms with Crippen LogP contribution in [0.2, 0.25) is 5.02 Å². The molecule has 0 atom stereocenters. The maximum Gasteiger partial charge on any atom is 0.255 e. The van der Waals surface area contributed by atoms with Crippen molar-refractivity contribution < 1.29 is 9.18 Å². The summed E-state index contributed by atoms with van der Waals surface area (Å²) in [4.78, 5) is 12.0. The average molecular weight is 279 g/mol. The van der Waals surface area contributed by atoms with Crippen molar-refractivity contribution in [3.63, 3.8) is 0 Å². The van der Waals surface area contributed by atoms with E-state index in [1.165, 1.54) is 18.2 Å². The number of carbonyl (C=O) groups excluding carboxylic acids is 1. The van der Waals surface area contributed by atoms with E-state index in [9.17, 15) is 9.18 Å². The zero-order valence-corrected chi connectivity index (χ0v) is 11.0. The summed E-state index contributed by atoms with van der Waals surface area (Å²) in [6, 6.07) is 8.74. The van der Waals surface area contributed by atoms with Crippen molar-refractivity contribution >= 4 is 28.9 Å². The van der Waals surface area contributed by atoms with Gasteiger partial charge in [-0.3, -0.25) is 4.79 Å². The molecule has 0 bridgehead atoms. The van der Waals surface area contributed by atoms with Gasteiger partial charge in [0.1, 0.15) is 5.82 Å². The number of hydrogen-bond donors (Lipinski definition) is 2. The molecule has 2 aromatic rings. The predicted molar refractivity (Wildman–Crippen MR) is 75.0 cm³/mol. The molecule has 1 amide bonds. The van der Waals surface area contributed by atoms with Crippen molar-refractivity contribution in [1.29, 1.82) is 0 Å². The molecule has 0 saturated heterocycles. The first-order valence-corrected chi connectivity index (χ1v) is 5.97. The lowest BCUT2D eigenvalue weighted by Gasteiger charge is -2.09. The Labute approximate surface area is 115 Å². The van der Waals surface area contributed by atoms with Crippen LogP contribution in [-0.4, -0.2) is 5.91 Å². The van der Waals surface area contributed by atoms with Crippen LogP contribution >= 0.6 is 11.6 Å². The number of nitrogens with two attached hydrogens (primary N) is 1. The van der Waals surface area contributed by atoms with Gasteiger partial charge in [-0.2, -0.15) is 0 Å². The number of benzene rings is 2. The molecule has 5 heteroatoms. The Morgan fingerprint density at radius 2 is 2.00 bits per heavy atom. The molecule has 0 aliphatic heterocycles. The number of nitrogen functional groups attached to an aromatic ring is 1. The Hall–Kier alpha value is -2.07. The lowest BCUT2D eigenvalue weighted by Crippen LogP contribution is -2.13. The molecule has 0 fully saturated rings. The van der Waals surface area contributed by atoms with Gasteiger partial charge in [0.2, 0.25) is 0 Å². The normalized spacial score (nSPS) is 10.3. The second-order valence-corrected chi connectivity index (χ2v) is 4.56. The Bertz CT molecular complexity index is 643.